The van der Waals surface area contributed by atoms with Crippen LogP contribution in [0.15, 0.2) is 218 Å². The molecule has 0 aliphatic carbocycles. The first kappa shape index (κ1) is 32.4. The maximum Gasteiger partial charge on any atom is 0.0949 e. The van der Waals surface area contributed by atoms with E-state index in [-0.39, 0.29) is 0 Å². The second kappa shape index (κ2) is 12.9. The summed E-state index contributed by atoms with van der Waals surface area (Å²) in [5.74, 6) is 0. The average molecular weight is 741 g/mol. The molecule has 12 rings (SSSR count). The van der Waals surface area contributed by atoms with Crippen LogP contribution in [0.3, 0.4) is 0 Å². The second-order valence-electron chi connectivity index (χ2n) is 15.0. The molecule has 58 heavy (non-hydrogen) atoms. The molecule has 0 bridgehead atoms. The van der Waals surface area contributed by atoms with Crippen LogP contribution >= 0.6 is 0 Å². The van der Waals surface area contributed by atoms with Gasteiger partial charge in [-0.1, -0.05) is 146 Å². The summed E-state index contributed by atoms with van der Waals surface area (Å²) in [4.78, 5) is 7.45. The number of fused-ring (bicyclic) bond motifs is 7. The molecule has 0 N–H and O–H groups in total. The second-order valence-corrected chi connectivity index (χ2v) is 15.0. The zero-order valence-corrected chi connectivity index (χ0v) is 31.6. The smallest absolute Gasteiger partial charge is 0.0949 e. The van der Waals surface area contributed by atoms with Gasteiger partial charge in [-0.25, -0.2) is 0 Å². The van der Waals surface area contributed by atoms with E-state index in [4.69, 9.17) is 0 Å². The van der Waals surface area contributed by atoms with E-state index in [2.05, 4.69) is 238 Å². The van der Waals surface area contributed by atoms with Crippen molar-refractivity contribution in [3.05, 3.63) is 218 Å². The lowest BCUT2D eigenvalue weighted by atomic mass is 9.94. The zero-order chi connectivity index (χ0) is 38.2. The van der Waals surface area contributed by atoms with Gasteiger partial charge in [-0.3, -0.25) is 0 Å². The number of hydrogen-bond donors (Lipinski definition) is 0. The van der Waals surface area contributed by atoms with Gasteiger partial charge in [0.05, 0.1) is 56.5 Å². The van der Waals surface area contributed by atoms with Gasteiger partial charge in [0.2, 0.25) is 0 Å². The van der Waals surface area contributed by atoms with Gasteiger partial charge in [0.1, 0.15) is 0 Å². The van der Waals surface area contributed by atoms with E-state index in [1.807, 2.05) is 0 Å². The summed E-state index contributed by atoms with van der Waals surface area (Å²) < 4.78 is 2.45. The highest BCUT2D eigenvalue weighted by molar-refractivity contribution is 6.15. The molecule has 9 aromatic carbocycles. The fraction of sp³-hybridized carbons (Fsp3) is 0. The normalized spacial score (nSPS) is 12.7. The number of hydrogen-bond acceptors (Lipinski definition) is 3. The molecule has 2 aliphatic rings. The van der Waals surface area contributed by atoms with E-state index in [0.717, 1.165) is 56.9 Å². The molecule has 2 aliphatic heterocycles. The SMILES string of the molecule is c1ccc(-c2ccc3c(c2)N(c2ccccc2)c2cc(-n4c5ccccc5c5ccccc54)cc4c2N3c2ccc(-c3ccccc3)cc2N4c2ccccc2)cc1. The largest absolute Gasteiger partial charge is 0.309 e. The predicted octanol–water partition coefficient (Wildman–Crippen LogP) is 15.2. The first-order chi connectivity index (χ1) is 28.8. The average Bonchev–Trinajstić information content (AvgIpc) is 3.64. The molecule has 0 amide bonds. The fourth-order valence-corrected chi connectivity index (χ4v) is 9.23. The van der Waals surface area contributed by atoms with Gasteiger partial charge >= 0.3 is 0 Å². The van der Waals surface area contributed by atoms with E-state index < -0.39 is 0 Å². The van der Waals surface area contributed by atoms with Crippen molar-refractivity contribution in [1.82, 2.24) is 4.57 Å². The van der Waals surface area contributed by atoms with Crippen molar-refractivity contribution >= 4 is 73.0 Å². The lowest BCUT2D eigenvalue weighted by Crippen LogP contribution is -2.30. The number of aromatic nitrogens is 1. The van der Waals surface area contributed by atoms with Crippen LogP contribution in [0.4, 0.5) is 51.2 Å². The fourth-order valence-electron chi connectivity index (χ4n) is 9.23. The topological polar surface area (TPSA) is 14.7 Å². The van der Waals surface area contributed by atoms with Crippen LogP contribution in [0.25, 0.3) is 49.7 Å². The molecule has 10 aromatic rings. The van der Waals surface area contributed by atoms with Crippen molar-refractivity contribution in [3.8, 4) is 27.9 Å². The Morgan fingerprint density at radius 3 is 1.09 bits per heavy atom. The van der Waals surface area contributed by atoms with Crippen LogP contribution < -0.4 is 14.7 Å². The Labute approximate surface area is 337 Å². The molecule has 0 saturated heterocycles. The van der Waals surface area contributed by atoms with E-state index in [1.165, 1.54) is 44.1 Å². The van der Waals surface area contributed by atoms with Gasteiger partial charge in [0.15, 0.2) is 0 Å². The lowest BCUT2D eigenvalue weighted by Gasteiger charge is -2.47. The standard InChI is InChI=1S/C54H36N4/c1-5-17-37(18-6-1)39-29-31-48-50(33-39)55(41-21-9-3-10-22-41)52-35-43(57-46-27-15-13-25-44(46)45-26-14-16-28-47(45)57)36-53-54(52)58(48)49-32-30-40(38-19-7-2-8-20-38)34-51(49)56(53)42-23-11-4-12-24-42/h1-36H. The molecule has 0 radical (unpaired) electrons. The van der Waals surface area contributed by atoms with Crippen molar-refractivity contribution < 1.29 is 0 Å². The van der Waals surface area contributed by atoms with Gasteiger partial charge in [0.25, 0.3) is 0 Å². The molecular formula is C54H36N4. The number of benzene rings is 9. The first-order valence-electron chi connectivity index (χ1n) is 19.9. The molecule has 4 nitrogen and oxygen atoms in total. The van der Waals surface area contributed by atoms with Crippen molar-refractivity contribution in [2.75, 3.05) is 14.7 Å². The Kier molecular flexibility index (Phi) is 7.20. The molecule has 0 atom stereocenters. The minimum absolute atomic E-state index is 1.10. The Morgan fingerprint density at radius 1 is 0.241 bits per heavy atom. The van der Waals surface area contributed by atoms with E-state index >= 15 is 0 Å². The van der Waals surface area contributed by atoms with Crippen LogP contribution in [-0.2, 0) is 0 Å². The number of para-hydroxylation sites is 4. The van der Waals surface area contributed by atoms with E-state index in [9.17, 15) is 0 Å². The summed E-state index contributed by atoms with van der Waals surface area (Å²) in [5, 5.41) is 2.48. The summed E-state index contributed by atoms with van der Waals surface area (Å²) in [6.07, 6.45) is 0. The molecule has 272 valence electrons. The van der Waals surface area contributed by atoms with Crippen molar-refractivity contribution in [2.24, 2.45) is 0 Å². The summed E-state index contributed by atoms with van der Waals surface area (Å²) in [6.45, 7) is 0. The van der Waals surface area contributed by atoms with Gasteiger partial charge < -0.3 is 19.3 Å². The summed E-state index contributed by atoms with van der Waals surface area (Å²) in [5.41, 5.74) is 18.2. The van der Waals surface area contributed by atoms with Gasteiger partial charge in [-0.05, 0) is 95.1 Å². The van der Waals surface area contributed by atoms with Crippen molar-refractivity contribution in [3.63, 3.8) is 0 Å². The third-order valence-electron chi connectivity index (χ3n) is 11.8. The minimum atomic E-state index is 1.10. The Bertz CT molecular complexity index is 2960. The molecule has 0 unspecified atom stereocenters. The van der Waals surface area contributed by atoms with Crippen LogP contribution in [0.2, 0.25) is 0 Å². The van der Waals surface area contributed by atoms with Crippen LogP contribution in [0.5, 0.6) is 0 Å². The zero-order valence-electron chi connectivity index (χ0n) is 31.6. The Hall–Kier alpha value is -7.82. The first-order valence-corrected chi connectivity index (χ1v) is 19.9. The molecule has 0 fully saturated rings. The highest BCUT2D eigenvalue weighted by Crippen LogP contribution is 2.64. The Balaban J connectivity index is 1.23. The van der Waals surface area contributed by atoms with Crippen LogP contribution in [0.1, 0.15) is 0 Å². The molecule has 3 heterocycles. The molecule has 4 heteroatoms. The monoisotopic (exact) mass is 740 g/mol. The number of anilines is 9. The summed E-state index contributed by atoms with van der Waals surface area (Å²) >= 11 is 0. The molecule has 0 saturated carbocycles. The molecular weight excluding hydrogens is 705 g/mol. The van der Waals surface area contributed by atoms with Gasteiger partial charge in [-0.15, -0.1) is 0 Å². The van der Waals surface area contributed by atoms with Crippen molar-refractivity contribution in [1.29, 1.82) is 0 Å². The highest BCUT2D eigenvalue weighted by Gasteiger charge is 2.40. The number of rotatable bonds is 5. The van der Waals surface area contributed by atoms with E-state index in [1.54, 1.807) is 0 Å². The number of nitrogens with zero attached hydrogens (tertiary/aromatic N) is 4. The summed E-state index contributed by atoms with van der Waals surface area (Å²) in [6, 6.07) is 79.4. The molecule has 0 spiro atoms. The van der Waals surface area contributed by atoms with Gasteiger partial charge in [-0.2, -0.15) is 0 Å². The quantitative estimate of drug-likeness (QED) is 0.175. The molecule has 1 aromatic heterocycles. The van der Waals surface area contributed by atoms with E-state index in [0.29, 0.717) is 0 Å². The summed E-state index contributed by atoms with van der Waals surface area (Å²) in [7, 11) is 0. The third kappa shape index (κ3) is 4.88. The Morgan fingerprint density at radius 2 is 0.638 bits per heavy atom. The van der Waals surface area contributed by atoms with Gasteiger partial charge in [0, 0.05) is 22.1 Å². The van der Waals surface area contributed by atoms with Crippen molar-refractivity contribution in [2.45, 2.75) is 0 Å². The van der Waals surface area contributed by atoms with Crippen LogP contribution in [0, 0.1) is 0 Å². The third-order valence-corrected chi connectivity index (χ3v) is 11.8. The predicted molar refractivity (Wildman–Crippen MR) is 243 cm³/mol. The maximum atomic E-state index is 2.51. The highest BCUT2D eigenvalue weighted by atomic mass is 15.3. The minimum Gasteiger partial charge on any atom is -0.309 e. The lowest BCUT2D eigenvalue weighted by molar-refractivity contribution is 1.10. The van der Waals surface area contributed by atoms with Crippen LogP contribution in [-0.4, -0.2) is 4.57 Å². The maximum absolute atomic E-state index is 2.51.